The van der Waals surface area contributed by atoms with Crippen molar-refractivity contribution in [2.45, 2.75) is 65.1 Å². The van der Waals surface area contributed by atoms with Crippen LogP contribution >= 0.6 is 0 Å². The van der Waals surface area contributed by atoms with Crippen molar-refractivity contribution < 1.29 is 29.5 Å². The topological polar surface area (TPSA) is 74.2 Å². The van der Waals surface area contributed by atoms with Gasteiger partial charge in [0.1, 0.15) is 0 Å². The summed E-state index contributed by atoms with van der Waals surface area (Å²) in [6.45, 7) is 6.50. The molecule has 114 valence electrons. The highest BCUT2D eigenvalue weighted by atomic mass is 17.3. The molecule has 0 aromatic heterocycles. The number of hydrogen-bond donors (Lipinski definition) is 1. The molecule has 0 rings (SSSR count). The Balaban J connectivity index is 4.36. The molecule has 0 saturated heterocycles. The van der Waals surface area contributed by atoms with Gasteiger partial charge in [-0.05, 0) is 12.8 Å². The van der Waals surface area contributed by atoms with E-state index in [1.165, 1.54) is 0 Å². The standard InChI is InChI=1S/C13H26O6/c1-4-7-10-16-18-13(9-6-3,12(14)15)19-17-11-8-5-2/h4-11H2,1-3H3,(H,14,15). The van der Waals surface area contributed by atoms with Gasteiger partial charge in [-0.1, -0.05) is 40.0 Å². The lowest BCUT2D eigenvalue weighted by atomic mass is 10.1. The lowest BCUT2D eigenvalue weighted by Crippen LogP contribution is -2.44. The van der Waals surface area contributed by atoms with E-state index in [9.17, 15) is 9.90 Å². The van der Waals surface area contributed by atoms with Gasteiger partial charge in [0.15, 0.2) is 0 Å². The van der Waals surface area contributed by atoms with Crippen molar-refractivity contribution in [3.05, 3.63) is 0 Å². The Bertz CT molecular complexity index is 219. The zero-order chi connectivity index (χ0) is 14.6. The number of rotatable bonds is 13. The number of aliphatic carboxylic acids is 1. The summed E-state index contributed by atoms with van der Waals surface area (Å²) in [6, 6.07) is 0. The normalized spacial score (nSPS) is 11.7. The first-order chi connectivity index (χ1) is 9.13. The summed E-state index contributed by atoms with van der Waals surface area (Å²) in [7, 11) is 0. The highest BCUT2D eigenvalue weighted by Crippen LogP contribution is 2.22. The lowest BCUT2D eigenvalue weighted by molar-refractivity contribution is -0.498. The Morgan fingerprint density at radius 1 is 0.947 bits per heavy atom. The first-order valence-corrected chi connectivity index (χ1v) is 6.97. The third kappa shape index (κ3) is 7.47. The highest BCUT2D eigenvalue weighted by molar-refractivity contribution is 5.75. The molecule has 0 radical (unpaired) electrons. The van der Waals surface area contributed by atoms with E-state index in [0.717, 1.165) is 25.7 Å². The SMILES string of the molecule is CCCCOOC(CCC)(OOCCCC)C(=O)O. The summed E-state index contributed by atoms with van der Waals surface area (Å²) < 4.78 is 0. The van der Waals surface area contributed by atoms with Crippen molar-refractivity contribution >= 4 is 5.97 Å². The smallest absolute Gasteiger partial charge is 0.370 e. The van der Waals surface area contributed by atoms with E-state index in [2.05, 4.69) is 0 Å². The Hall–Kier alpha value is -0.690. The first kappa shape index (κ1) is 18.3. The average molecular weight is 278 g/mol. The summed E-state index contributed by atoms with van der Waals surface area (Å²) in [6.07, 6.45) is 4.17. The van der Waals surface area contributed by atoms with Crippen LogP contribution in [0.1, 0.15) is 59.3 Å². The Labute approximate surface area is 114 Å². The monoisotopic (exact) mass is 278 g/mol. The molecule has 0 unspecified atom stereocenters. The fraction of sp³-hybridized carbons (Fsp3) is 0.923. The van der Waals surface area contributed by atoms with Crippen LogP contribution in [0.3, 0.4) is 0 Å². The molecule has 0 atom stereocenters. The molecule has 0 heterocycles. The van der Waals surface area contributed by atoms with Crippen molar-refractivity contribution in [1.82, 2.24) is 0 Å². The van der Waals surface area contributed by atoms with Crippen molar-refractivity contribution in [2.24, 2.45) is 0 Å². The van der Waals surface area contributed by atoms with Gasteiger partial charge in [0, 0.05) is 6.42 Å². The van der Waals surface area contributed by atoms with Crippen LogP contribution < -0.4 is 0 Å². The van der Waals surface area contributed by atoms with E-state index < -0.39 is 11.8 Å². The molecule has 0 aliphatic carbocycles. The number of carboxylic acid groups (broad SMARTS) is 1. The van der Waals surface area contributed by atoms with Crippen LogP contribution in [-0.2, 0) is 24.3 Å². The second-order valence-corrected chi connectivity index (χ2v) is 4.33. The molecule has 0 saturated carbocycles. The van der Waals surface area contributed by atoms with Crippen LogP contribution in [0.15, 0.2) is 0 Å². The molecule has 6 heteroatoms. The first-order valence-electron chi connectivity index (χ1n) is 6.97. The van der Waals surface area contributed by atoms with Crippen LogP contribution in [0.4, 0.5) is 0 Å². The van der Waals surface area contributed by atoms with Gasteiger partial charge in [-0.2, -0.15) is 9.78 Å². The molecule has 6 nitrogen and oxygen atoms in total. The second kappa shape index (κ2) is 11.2. The molecular weight excluding hydrogens is 252 g/mol. The predicted molar refractivity (Wildman–Crippen MR) is 69.2 cm³/mol. The maximum absolute atomic E-state index is 11.3. The molecule has 0 aromatic carbocycles. The van der Waals surface area contributed by atoms with Crippen LogP contribution in [0, 0.1) is 0 Å². The summed E-state index contributed by atoms with van der Waals surface area (Å²) in [5.41, 5.74) is 0. The average Bonchev–Trinajstić information content (AvgIpc) is 2.39. The number of carbonyl (C=O) groups is 1. The van der Waals surface area contributed by atoms with E-state index in [1.54, 1.807) is 0 Å². The van der Waals surface area contributed by atoms with Crippen molar-refractivity contribution in [3.63, 3.8) is 0 Å². The fourth-order valence-corrected chi connectivity index (χ4v) is 1.28. The minimum Gasteiger partial charge on any atom is -0.477 e. The van der Waals surface area contributed by atoms with E-state index >= 15 is 0 Å². The number of unbranched alkanes of at least 4 members (excludes halogenated alkanes) is 2. The van der Waals surface area contributed by atoms with Gasteiger partial charge in [-0.15, -0.1) is 0 Å². The van der Waals surface area contributed by atoms with E-state index in [1.807, 2.05) is 20.8 Å². The maximum atomic E-state index is 11.3. The quantitative estimate of drug-likeness (QED) is 0.241. The van der Waals surface area contributed by atoms with Crippen LogP contribution in [0.5, 0.6) is 0 Å². The van der Waals surface area contributed by atoms with E-state index in [0.29, 0.717) is 19.6 Å². The van der Waals surface area contributed by atoms with Gasteiger partial charge in [0.05, 0.1) is 13.2 Å². The van der Waals surface area contributed by atoms with Gasteiger partial charge in [-0.25, -0.2) is 14.6 Å². The predicted octanol–water partition coefficient (Wildman–Crippen LogP) is 3.06. The molecule has 0 spiro atoms. The molecule has 0 aliphatic rings. The summed E-state index contributed by atoms with van der Waals surface area (Å²) in [4.78, 5) is 31.1. The van der Waals surface area contributed by atoms with Crippen LogP contribution in [0.2, 0.25) is 0 Å². The van der Waals surface area contributed by atoms with Gasteiger partial charge >= 0.3 is 11.8 Å². The molecule has 19 heavy (non-hydrogen) atoms. The molecule has 0 bridgehead atoms. The highest BCUT2D eigenvalue weighted by Gasteiger charge is 2.44. The largest absolute Gasteiger partial charge is 0.477 e. The summed E-state index contributed by atoms with van der Waals surface area (Å²) >= 11 is 0. The van der Waals surface area contributed by atoms with Crippen LogP contribution in [-0.4, -0.2) is 30.1 Å². The molecule has 0 amide bonds. The van der Waals surface area contributed by atoms with E-state index in [4.69, 9.17) is 19.6 Å². The lowest BCUT2D eigenvalue weighted by Gasteiger charge is -2.26. The molecular formula is C13H26O6. The zero-order valence-corrected chi connectivity index (χ0v) is 12.1. The Morgan fingerprint density at radius 2 is 1.42 bits per heavy atom. The second-order valence-electron chi connectivity index (χ2n) is 4.33. The Kier molecular flexibility index (Phi) is 10.8. The van der Waals surface area contributed by atoms with Gasteiger partial charge < -0.3 is 5.11 Å². The minimum absolute atomic E-state index is 0.153. The van der Waals surface area contributed by atoms with Gasteiger partial charge in [0.25, 0.3) is 0 Å². The number of hydrogen-bond acceptors (Lipinski definition) is 5. The molecule has 0 fully saturated rings. The fourth-order valence-electron chi connectivity index (χ4n) is 1.28. The summed E-state index contributed by atoms with van der Waals surface area (Å²) in [5.74, 6) is -3.13. The minimum atomic E-state index is -1.88. The van der Waals surface area contributed by atoms with Gasteiger partial charge in [-0.3, -0.25) is 0 Å². The van der Waals surface area contributed by atoms with Crippen molar-refractivity contribution in [1.29, 1.82) is 0 Å². The number of carboxylic acids is 1. The molecule has 0 aliphatic heterocycles. The Morgan fingerprint density at radius 3 is 1.74 bits per heavy atom. The van der Waals surface area contributed by atoms with E-state index in [-0.39, 0.29) is 6.42 Å². The van der Waals surface area contributed by atoms with Gasteiger partial charge in [0.2, 0.25) is 0 Å². The molecule has 0 aromatic rings. The van der Waals surface area contributed by atoms with Crippen LogP contribution in [0.25, 0.3) is 0 Å². The third-order valence-electron chi connectivity index (χ3n) is 2.45. The maximum Gasteiger partial charge on any atom is 0.370 e. The third-order valence-corrected chi connectivity index (χ3v) is 2.45. The summed E-state index contributed by atoms with van der Waals surface area (Å²) in [5, 5.41) is 9.26. The van der Waals surface area contributed by atoms with Crippen molar-refractivity contribution in [2.75, 3.05) is 13.2 Å². The zero-order valence-electron chi connectivity index (χ0n) is 12.1. The molecule has 1 N–H and O–H groups in total. The van der Waals surface area contributed by atoms with Crippen molar-refractivity contribution in [3.8, 4) is 0 Å².